The van der Waals surface area contributed by atoms with Crippen molar-refractivity contribution in [2.24, 2.45) is 0 Å². The molecule has 110 valence electrons. The van der Waals surface area contributed by atoms with Gasteiger partial charge in [-0.05, 0) is 45.4 Å². The second-order valence-corrected chi connectivity index (χ2v) is 6.03. The summed E-state index contributed by atoms with van der Waals surface area (Å²) in [6.45, 7) is 7.87. The third-order valence-corrected chi connectivity index (χ3v) is 3.80. The number of carbonyl (C=O) groups is 1. The highest BCUT2D eigenvalue weighted by Gasteiger charge is 2.08. The summed E-state index contributed by atoms with van der Waals surface area (Å²) in [7, 11) is 0. The van der Waals surface area contributed by atoms with E-state index in [1.54, 1.807) is 0 Å². The average Bonchev–Trinajstić information content (AvgIpc) is 2.39. The quantitative estimate of drug-likeness (QED) is 0.694. The smallest absolute Gasteiger partial charge is 0.234 e. The third kappa shape index (κ3) is 4.56. The number of nitrogens with zero attached hydrogens (tertiary/aromatic N) is 2. The highest BCUT2D eigenvalue weighted by atomic mass is 32.2. The SMILES string of the molecule is Cc1ccc(NC(=O)CSc2nc(C)cc(C)n2)c(C)c1. The number of aryl methyl sites for hydroxylation is 4. The van der Waals surface area contributed by atoms with Crippen LogP contribution < -0.4 is 5.32 Å². The summed E-state index contributed by atoms with van der Waals surface area (Å²) in [5.41, 5.74) is 4.94. The van der Waals surface area contributed by atoms with E-state index in [4.69, 9.17) is 0 Å². The van der Waals surface area contributed by atoms with Gasteiger partial charge in [-0.2, -0.15) is 0 Å². The van der Waals surface area contributed by atoms with E-state index >= 15 is 0 Å². The van der Waals surface area contributed by atoms with Crippen LogP contribution in [0.2, 0.25) is 0 Å². The molecular formula is C16H19N3OS. The molecule has 1 N–H and O–H groups in total. The topological polar surface area (TPSA) is 54.9 Å². The predicted octanol–water partition coefficient (Wildman–Crippen LogP) is 3.44. The molecule has 1 heterocycles. The van der Waals surface area contributed by atoms with Gasteiger partial charge in [0.05, 0.1) is 5.75 Å². The van der Waals surface area contributed by atoms with Gasteiger partial charge in [-0.1, -0.05) is 29.5 Å². The number of hydrogen-bond donors (Lipinski definition) is 1. The zero-order valence-corrected chi connectivity index (χ0v) is 13.5. The Morgan fingerprint density at radius 1 is 1.10 bits per heavy atom. The molecular weight excluding hydrogens is 282 g/mol. The molecule has 5 heteroatoms. The highest BCUT2D eigenvalue weighted by molar-refractivity contribution is 7.99. The fourth-order valence-electron chi connectivity index (χ4n) is 2.03. The monoisotopic (exact) mass is 301 g/mol. The maximum absolute atomic E-state index is 12.0. The molecule has 0 saturated carbocycles. The molecule has 0 atom stereocenters. The van der Waals surface area contributed by atoms with Crippen LogP contribution in [0.4, 0.5) is 5.69 Å². The third-order valence-electron chi connectivity index (χ3n) is 2.95. The van der Waals surface area contributed by atoms with Crippen LogP contribution in [0, 0.1) is 27.7 Å². The van der Waals surface area contributed by atoms with Gasteiger partial charge in [0.2, 0.25) is 5.91 Å². The van der Waals surface area contributed by atoms with E-state index in [0.717, 1.165) is 22.6 Å². The molecule has 21 heavy (non-hydrogen) atoms. The summed E-state index contributed by atoms with van der Waals surface area (Å²) in [6.07, 6.45) is 0. The first-order valence-corrected chi connectivity index (χ1v) is 7.75. The van der Waals surface area contributed by atoms with Crippen LogP contribution >= 0.6 is 11.8 Å². The van der Waals surface area contributed by atoms with Crippen molar-refractivity contribution in [3.63, 3.8) is 0 Å². The fourth-order valence-corrected chi connectivity index (χ4v) is 2.78. The number of carbonyl (C=O) groups excluding carboxylic acids is 1. The van der Waals surface area contributed by atoms with Gasteiger partial charge in [0.15, 0.2) is 5.16 Å². The van der Waals surface area contributed by atoms with Gasteiger partial charge in [0, 0.05) is 17.1 Å². The van der Waals surface area contributed by atoms with Gasteiger partial charge in [0.1, 0.15) is 0 Å². The average molecular weight is 301 g/mol. The Morgan fingerprint density at radius 2 is 1.76 bits per heavy atom. The van der Waals surface area contributed by atoms with Crippen LogP contribution in [0.5, 0.6) is 0 Å². The molecule has 0 aliphatic rings. The van der Waals surface area contributed by atoms with Gasteiger partial charge >= 0.3 is 0 Å². The van der Waals surface area contributed by atoms with E-state index in [1.165, 1.54) is 17.3 Å². The Kier molecular flexibility index (Phi) is 4.96. The van der Waals surface area contributed by atoms with Crippen LogP contribution in [-0.2, 0) is 4.79 Å². The number of hydrogen-bond acceptors (Lipinski definition) is 4. The molecule has 1 aromatic carbocycles. The summed E-state index contributed by atoms with van der Waals surface area (Å²) in [4.78, 5) is 20.6. The van der Waals surface area contributed by atoms with Crippen LogP contribution in [-0.4, -0.2) is 21.6 Å². The first kappa shape index (κ1) is 15.5. The summed E-state index contributed by atoms with van der Waals surface area (Å²) in [5, 5.41) is 3.56. The number of anilines is 1. The highest BCUT2D eigenvalue weighted by Crippen LogP contribution is 2.18. The van der Waals surface area contributed by atoms with Gasteiger partial charge in [0.25, 0.3) is 0 Å². The lowest BCUT2D eigenvalue weighted by Gasteiger charge is -2.09. The summed E-state index contributed by atoms with van der Waals surface area (Å²) in [6, 6.07) is 7.89. The maximum Gasteiger partial charge on any atom is 0.234 e. The Hall–Kier alpha value is -1.88. The van der Waals surface area contributed by atoms with Crippen molar-refractivity contribution in [1.82, 2.24) is 9.97 Å². The Balaban J connectivity index is 1.95. The minimum Gasteiger partial charge on any atom is -0.325 e. The molecule has 0 aliphatic carbocycles. The molecule has 0 spiro atoms. The molecule has 0 radical (unpaired) electrons. The number of nitrogens with one attached hydrogen (secondary N) is 1. The number of amides is 1. The molecule has 0 unspecified atom stereocenters. The minimum atomic E-state index is -0.0466. The molecule has 2 aromatic rings. The molecule has 0 fully saturated rings. The molecule has 2 rings (SSSR count). The normalized spacial score (nSPS) is 10.5. The summed E-state index contributed by atoms with van der Waals surface area (Å²) in [5.74, 6) is 0.255. The first-order chi connectivity index (χ1) is 9.94. The standard InChI is InChI=1S/C16H19N3OS/c1-10-5-6-14(11(2)7-10)19-15(20)9-21-16-17-12(3)8-13(4)18-16/h5-8H,9H2,1-4H3,(H,19,20). The maximum atomic E-state index is 12.0. The molecule has 0 aliphatic heterocycles. The Bertz CT molecular complexity index is 650. The van der Waals surface area contributed by atoms with E-state index in [0.29, 0.717) is 10.9 Å². The van der Waals surface area contributed by atoms with Crippen molar-refractivity contribution in [1.29, 1.82) is 0 Å². The van der Waals surface area contributed by atoms with Gasteiger partial charge in [-0.15, -0.1) is 0 Å². The van der Waals surface area contributed by atoms with Gasteiger partial charge < -0.3 is 5.32 Å². The summed E-state index contributed by atoms with van der Waals surface area (Å²) < 4.78 is 0. The van der Waals surface area contributed by atoms with E-state index in [-0.39, 0.29) is 5.91 Å². The largest absolute Gasteiger partial charge is 0.325 e. The zero-order valence-electron chi connectivity index (χ0n) is 12.7. The lowest BCUT2D eigenvalue weighted by molar-refractivity contribution is -0.113. The number of rotatable bonds is 4. The minimum absolute atomic E-state index is 0.0466. The molecule has 0 saturated heterocycles. The molecule has 1 amide bonds. The predicted molar refractivity (Wildman–Crippen MR) is 86.8 cm³/mol. The van der Waals surface area contributed by atoms with Crippen molar-refractivity contribution in [3.05, 3.63) is 46.8 Å². The summed E-state index contributed by atoms with van der Waals surface area (Å²) >= 11 is 1.35. The molecule has 0 bridgehead atoms. The van der Waals surface area contributed by atoms with E-state index in [9.17, 15) is 4.79 Å². The van der Waals surface area contributed by atoms with Crippen LogP contribution in [0.15, 0.2) is 29.4 Å². The second-order valence-electron chi connectivity index (χ2n) is 5.09. The van der Waals surface area contributed by atoms with E-state index < -0.39 is 0 Å². The van der Waals surface area contributed by atoms with Gasteiger partial charge in [-0.3, -0.25) is 4.79 Å². The number of thioether (sulfide) groups is 1. The van der Waals surface area contributed by atoms with Crippen LogP contribution in [0.1, 0.15) is 22.5 Å². The van der Waals surface area contributed by atoms with Crippen LogP contribution in [0.3, 0.4) is 0 Å². The lowest BCUT2D eigenvalue weighted by Crippen LogP contribution is -2.15. The van der Waals surface area contributed by atoms with E-state index in [1.807, 2.05) is 45.9 Å². The van der Waals surface area contributed by atoms with E-state index in [2.05, 4.69) is 21.4 Å². The zero-order chi connectivity index (χ0) is 15.4. The van der Waals surface area contributed by atoms with Crippen molar-refractivity contribution in [2.45, 2.75) is 32.9 Å². The second kappa shape index (κ2) is 6.72. The number of benzene rings is 1. The fraction of sp³-hybridized carbons (Fsp3) is 0.312. The van der Waals surface area contributed by atoms with Crippen molar-refractivity contribution in [2.75, 3.05) is 11.1 Å². The Labute approximate surface area is 129 Å². The van der Waals surface area contributed by atoms with Crippen molar-refractivity contribution in [3.8, 4) is 0 Å². The van der Waals surface area contributed by atoms with Gasteiger partial charge in [-0.25, -0.2) is 9.97 Å². The molecule has 4 nitrogen and oxygen atoms in total. The molecule has 1 aromatic heterocycles. The van der Waals surface area contributed by atoms with Crippen molar-refractivity contribution >= 4 is 23.4 Å². The Morgan fingerprint density at radius 3 is 2.38 bits per heavy atom. The number of aromatic nitrogens is 2. The van der Waals surface area contributed by atoms with Crippen LogP contribution in [0.25, 0.3) is 0 Å². The first-order valence-electron chi connectivity index (χ1n) is 6.76. The lowest BCUT2D eigenvalue weighted by atomic mass is 10.1. The van der Waals surface area contributed by atoms with Crippen molar-refractivity contribution < 1.29 is 4.79 Å².